The quantitative estimate of drug-likeness (QED) is 0.320. The third-order valence-corrected chi connectivity index (χ3v) is 5.72. The van der Waals surface area contributed by atoms with Crippen LogP contribution >= 0.6 is 11.6 Å². The van der Waals surface area contributed by atoms with E-state index in [0.29, 0.717) is 31.1 Å². The van der Waals surface area contributed by atoms with E-state index >= 15 is 0 Å². The van der Waals surface area contributed by atoms with Gasteiger partial charge in [0.2, 0.25) is 0 Å². The first-order chi connectivity index (χ1) is 15.2. The Labute approximate surface area is 193 Å². The van der Waals surface area contributed by atoms with Gasteiger partial charge in [-0.3, -0.25) is 9.59 Å². The van der Waals surface area contributed by atoms with Crippen molar-refractivity contribution in [3.05, 3.63) is 53.1 Å². The molecule has 2 aromatic rings. The van der Waals surface area contributed by atoms with Crippen LogP contribution in [0.4, 0.5) is 0 Å². The summed E-state index contributed by atoms with van der Waals surface area (Å²) < 4.78 is 22.6. The number of hydrogen-bond donors (Lipinski definition) is 0. The van der Waals surface area contributed by atoms with E-state index in [2.05, 4.69) is 0 Å². The second kappa shape index (κ2) is 10.3. The number of aryl methyl sites for hydroxylation is 1. The average Bonchev–Trinajstić information content (AvgIpc) is 2.75. The van der Waals surface area contributed by atoms with E-state index in [1.54, 1.807) is 6.92 Å². The lowest BCUT2D eigenvalue weighted by Crippen LogP contribution is -2.42. The van der Waals surface area contributed by atoms with E-state index in [4.69, 9.17) is 30.5 Å². The van der Waals surface area contributed by atoms with Gasteiger partial charge in [0, 0.05) is 12.5 Å². The lowest BCUT2D eigenvalue weighted by molar-refractivity contribution is -0.142. The third kappa shape index (κ3) is 5.94. The molecule has 1 aliphatic rings. The minimum Gasteiger partial charge on any atom is -0.489 e. The molecule has 0 aliphatic carbocycles. The Morgan fingerprint density at radius 1 is 1.19 bits per heavy atom. The molecule has 0 saturated heterocycles. The molecule has 0 saturated carbocycles. The maximum atomic E-state index is 11.7. The molecular weight excluding hydrogens is 432 g/mol. The first-order valence-corrected chi connectivity index (χ1v) is 11.2. The molecule has 0 spiro atoms. The van der Waals surface area contributed by atoms with Crippen molar-refractivity contribution in [2.75, 3.05) is 13.2 Å². The van der Waals surface area contributed by atoms with Crippen molar-refractivity contribution < 1.29 is 28.5 Å². The van der Waals surface area contributed by atoms with Gasteiger partial charge in [0.05, 0.1) is 6.61 Å². The van der Waals surface area contributed by atoms with E-state index in [-0.39, 0.29) is 5.97 Å². The monoisotopic (exact) mass is 460 g/mol. The smallest absolute Gasteiger partial charge is 0.324 e. The Hall–Kier alpha value is -2.73. The van der Waals surface area contributed by atoms with Crippen LogP contribution in [0, 0.1) is 6.92 Å². The molecule has 172 valence electrons. The molecule has 1 aliphatic heterocycles. The van der Waals surface area contributed by atoms with Gasteiger partial charge in [-0.25, -0.2) is 0 Å². The highest BCUT2D eigenvalue weighted by atomic mass is 35.5. The normalized spacial score (nSPS) is 18.2. The Bertz CT molecular complexity index is 971. The van der Waals surface area contributed by atoms with Gasteiger partial charge in [0.25, 0.3) is 0 Å². The Morgan fingerprint density at radius 2 is 1.91 bits per heavy atom. The summed E-state index contributed by atoms with van der Waals surface area (Å²) in [4.78, 5) is 23.0. The zero-order valence-corrected chi connectivity index (χ0v) is 19.7. The number of rotatable bonds is 8. The first-order valence-electron chi connectivity index (χ1n) is 10.7. The van der Waals surface area contributed by atoms with E-state index < -0.39 is 16.9 Å². The highest BCUT2D eigenvalue weighted by Gasteiger charge is 2.34. The number of carbonyl (C=O) groups excluding carboxylic acids is 2. The largest absolute Gasteiger partial charge is 0.489 e. The van der Waals surface area contributed by atoms with Gasteiger partial charge in [-0.2, -0.15) is 0 Å². The summed E-state index contributed by atoms with van der Waals surface area (Å²) in [7, 11) is 0. The zero-order valence-electron chi connectivity index (χ0n) is 18.9. The molecule has 32 heavy (non-hydrogen) atoms. The molecule has 0 fully saturated rings. The number of esters is 2. The van der Waals surface area contributed by atoms with Crippen molar-refractivity contribution in [2.45, 2.75) is 57.9 Å². The molecule has 0 bridgehead atoms. The van der Waals surface area contributed by atoms with Gasteiger partial charge in [-0.15, -0.1) is 11.6 Å². The van der Waals surface area contributed by atoms with Crippen LogP contribution in [0.1, 0.15) is 43.9 Å². The van der Waals surface area contributed by atoms with Gasteiger partial charge < -0.3 is 18.9 Å². The van der Waals surface area contributed by atoms with Gasteiger partial charge in [-0.1, -0.05) is 18.2 Å². The molecule has 6 nitrogen and oxygen atoms in total. The summed E-state index contributed by atoms with van der Waals surface area (Å²) in [6.07, 6.45) is 2.04. The predicted octanol–water partition coefficient (Wildman–Crippen LogP) is 4.80. The molecule has 0 amide bonds. The van der Waals surface area contributed by atoms with Crippen molar-refractivity contribution >= 4 is 23.5 Å². The van der Waals surface area contributed by atoms with Gasteiger partial charge in [0.15, 0.2) is 0 Å². The lowest BCUT2D eigenvalue weighted by Gasteiger charge is -2.36. The van der Waals surface area contributed by atoms with E-state index in [0.717, 1.165) is 35.3 Å². The molecule has 0 aromatic heterocycles. The molecule has 2 aromatic carbocycles. The van der Waals surface area contributed by atoms with Crippen LogP contribution in [0.5, 0.6) is 17.2 Å². The molecular formula is C25H29ClO6. The maximum Gasteiger partial charge on any atom is 0.324 e. The van der Waals surface area contributed by atoms with Crippen LogP contribution in [0.3, 0.4) is 0 Å². The van der Waals surface area contributed by atoms with Crippen LogP contribution in [0.2, 0.25) is 0 Å². The summed E-state index contributed by atoms with van der Waals surface area (Å²) >= 11 is 6.11. The minimum atomic E-state index is -0.712. The Morgan fingerprint density at radius 3 is 2.56 bits per heavy atom. The van der Waals surface area contributed by atoms with Gasteiger partial charge >= 0.3 is 11.9 Å². The fourth-order valence-corrected chi connectivity index (χ4v) is 3.85. The van der Waals surface area contributed by atoms with Gasteiger partial charge in [0.1, 0.15) is 34.8 Å². The summed E-state index contributed by atoms with van der Waals surface area (Å²) in [5.74, 6) is 1.20. The minimum absolute atomic E-state index is 0.310. The van der Waals surface area contributed by atoms with Crippen molar-refractivity contribution in [1.82, 2.24) is 0 Å². The van der Waals surface area contributed by atoms with Crippen molar-refractivity contribution in [2.24, 2.45) is 0 Å². The molecule has 2 atom stereocenters. The number of halogens is 1. The number of hydrogen-bond acceptors (Lipinski definition) is 6. The van der Waals surface area contributed by atoms with Crippen molar-refractivity contribution in [3.8, 4) is 17.2 Å². The summed E-state index contributed by atoms with van der Waals surface area (Å²) in [6, 6.07) is 11.2. The number of fused-ring (bicyclic) bond motifs is 1. The standard InChI is InChI=1S/C25H29ClO6/c1-5-29-24(28)21(26)14-18-6-9-20(10-7-18)30-15-25(4)13-12-19-8-11-22(31-17(3)27)16(2)23(19)32-25/h6-11,21H,5,12-15H2,1-4H3. The molecule has 7 heteroatoms. The third-order valence-electron chi connectivity index (χ3n) is 5.39. The molecule has 0 N–H and O–H groups in total. The van der Waals surface area contributed by atoms with Crippen molar-refractivity contribution in [3.63, 3.8) is 0 Å². The zero-order chi connectivity index (χ0) is 23.3. The average molecular weight is 461 g/mol. The number of alkyl halides is 1. The SMILES string of the molecule is CCOC(=O)C(Cl)Cc1ccc(OCC2(C)CCc3ccc(OC(C)=O)c(C)c3O2)cc1. The second-order valence-electron chi connectivity index (χ2n) is 8.18. The van der Waals surface area contributed by atoms with Crippen LogP contribution in [-0.2, 0) is 27.2 Å². The molecule has 2 unspecified atom stereocenters. The van der Waals surface area contributed by atoms with Crippen LogP contribution in [-0.4, -0.2) is 36.1 Å². The summed E-state index contributed by atoms with van der Waals surface area (Å²) in [5, 5.41) is -0.712. The predicted molar refractivity (Wildman–Crippen MR) is 122 cm³/mol. The molecule has 0 radical (unpaired) electrons. The fraction of sp³-hybridized carbons (Fsp3) is 0.440. The molecule has 1 heterocycles. The molecule has 3 rings (SSSR count). The highest BCUT2D eigenvalue weighted by molar-refractivity contribution is 6.30. The lowest BCUT2D eigenvalue weighted by atomic mass is 9.91. The van der Waals surface area contributed by atoms with E-state index in [9.17, 15) is 9.59 Å². The van der Waals surface area contributed by atoms with E-state index in [1.807, 2.05) is 50.2 Å². The van der Waals surface area contributed by atoms with Crippen LogP contribution in [0.15, 0.2) is 36.4 Å². The number of ether oxygens (including phenoxy) is 4. The fourth-order valence-electron chi connectivity index (χ4n) is 3.61. The second-order valence-corrected chi connectivity index (χ2v) is 8.71. The Kier molecular flexibility index (Phi) is 7.67. The summed E-state index contributed by atoms with van der Waals surface area (Å²) in [6.45, 7) is 7.72. The van der Waals surface area contributed by atoms with Gasteiger partial charge in [-0.05, 0) is 69.4 Å². The van der Waals surface area contributed by atoms with Crippen LogP contribution in [0.25, 0.3) is 0 Å². The van der Waals surface area contributed by atoms with Crippen LogP contribution < -0.4 is 14.2 Å². The maximum absolute atomic E-state index is 11.7. The topological polar surface area (TPSA) is 71.1 Å². The van der Waals surface area contributed by atoms with E-state index in [1.165, 1.54) is 6.92 Å². The first kappa shape index (κ1) is 23.9. The van der Waals surface area contributed by atoms with Crippen molar-refractivity contribution in [1.29, 1.82) is 0 Å². The number of carbonyl (C=O) groups is 2. The summed E-state index contributed by atoms with van der Waals surface area (Å²) in [5.41, 5.74) is 2.31. The highest BCUT2D eigenvalue weighted by Crippen LogP contribution is 2.40. The number of benzene rings is 2. The Balaban J connectivity index is 1.61.